The quantitative estimate of drug-likeness (QED) is 0.712. The van der Waals surface area contributed by atoms with Crippen molar-refractivity contribution in [3.8, 4) is 22.6 Å². The molecule has 0 amide bonds. The Kier molecular flexibility index (Phi) is 2.69. The molecule has 1 heterocycles. The lowest BCUT2D eigenvalue weighted by atomic mass is 10.1. The smallest absolute Gasteiger partial charge is 0.138 e. The van der Waals surface area contributed by atoms with E-state index in [1.54, 1.807) is 0 Å². The summed E-state index contributed by atoms with van der Waals surface area (Å²) in [4.78, 5) is 8.04. The topological polar surface area (TPSA) is 28.7 Å². The second-order valence-electron chi connectivity index (χ2n) is 4.29. The molecule has 0 bridgehead atoms. The summed E-state index contributed by atoms with van der Waals surface area (Å²) in [5.74, 6) is 0.923. The summed E-state index contributed by atoms with van der Waals surface area (Å²) in [6, 6.07) is 20.4. The number of imidazole rings is 1. The zero-order valence-electron chi connectivity index (χ0n) is 10.2. The molecular weight excluding hydrogens is 220 g/mol. The van der Waals surface area contributed by atoms with Crippen LogP contribution in [-0.2, 0) is 0 Å². The zero-order valence-corrected chi connectivity index (χ0v) is 10.2. The third-order valence-corrected chi connectivity index (χ3v) is 2.98. The van der Waals surface area contributed by atoms with Gasteiger partial charge >= 0.3 is 0 Å². The second-order valence-corrected chi connectivity index (χ2v) is 4.29. The van der Waals surface area contributed by atoms with Crippen LogP contribution < -0.4 is 0 Å². The molecule has 2 aromatic carbocycles. The molecule has 0 unspecified atom stereocenters. The lowest BCUT2D eigenvalue weighted by Crippen LogP contribution is -1.80. The predicted octanol–water partition coefficient (Wildman–Crippen LogP) is 4.05. The van der Waals surface area contributed by atoms with Gasteiger partial charge < -0.3 is 4.98 Å². The molecule has 2 heteroatoms. The molecule has 0 saturated carbocycles. The maximum Gasteiger partial charge on any atom is 0.138 e. The number of nitrogens with zero attached hydrogens (tertiary/aromatic N) is 1. The van der Waals surface area contributed by atoms with Gasteiger partial charge in [0.2, 0.25) is 0 Å². The molecule has 0 aliphatic heterocycles. The van der Waals surface area contributed by atoms with Crippen molar-refractivity contribution in [1.82, 2.24) is 9.97 Å². The van der Waals surface area contributed by atoms with Crippen LogP contribution in [0.25, 0.3) is 22.6 Å². The highest BCUT2D eigenvalue weighted by Crippen LogP contribution is 2.25. The number of aryl methyl sites for hydroxylation is 1. The summed E-state index contributed by atoms with van der Waals surface area (Å²) in [6.45, 7) is 2.06. The molecule has 1 aromatic heterocycles. The Bertz CT molecular complexity index is 639. The van der Waals surface area contributed by atoms with E-state index in [1.165, 1.54) is 0 Å². The first-order chi connectivity index (χ1) is 8.84. The molecule has 3 rings (SSSR count). The number of aromatic nitrogens is 2. The van der Waals surface area contributed by atoms with Crippen LogP contribution in [0.5, 0.6) is 0 Å². The highest BCUT2D eigenvalue weighted by Gasteiger charge is 2.09. The normalized spacial score (nSPS) is 10.5. The second kappa shape index (κ2) is 4.49. The van der Waals surface area contributed by atoms with Gasteiger partial charge in [-0.2, -0.15) is 0 Å². The van der Waals surface area contributed by atoms with Gasteiger partial charge in [-0.25, -0.2) is 4.98 Å². The van der Waals surface area contributed by atoms with Crippen molar-refractivity contribution in [1.29, 1.82) is 0 Å². The van der Waals surface area contributed by atoms with E-state index >= 15 is 0 Å². The van der Waals surface area contributed by atoms with Crippen molar-refractivity contribution in [2.45, 2.75) is 6.92 Å². The van der Waals surface area contributed by atoms with Gasteiger partial charge in [-0.15, -0.1) is 0 Å². The molecule has 0 aliphatic carbocycles. The summed E-state index contributed by atoms with van der Waals surface area (Å²) in [7, 11) is 0. The SMILES string of the molecule is Cc1[nH]c(-c2ccccc2)nc1-c1ccccc1. The minimum absolute atomic E-state index is 0.923. The third kappa shape index (κ3) is 1.93. The molecule has 0 atom stereocenters. The minimum atomic E-state index is 0.923. The molecule has 18 heavy (non-hydrogen) atoms. The van der Waals surface area contributed by atoms with Gasteiger partial charge in [-0.1, -0.05) is 60.7 Å². The van der Waals surface area contributed by atoms with Crippen LogP contribution in [0, 0.1) is 6.92 Å². The van der Waals surface area contributed by atoms with Crippen molar-refractivity contribution >= 4 is 0 Å². The number of H-pyrrole nitrogens is 1. The number of nitrogens with one attached hydrogen (secondary N) is 1. The Labute approximate surface area is 106 Å². The van der Waals surface area contributed by atoms with Crippen molar-refractivity contribution in [3.05, 3.63) is 66.4 Å². The van der Waals surface area contributed by atoms with Crippen LogP contribution in [0.15, 0.2) is 60.7 Å². The average Bonchev–Trinajstić information content (AvgIpc) is 2.83. The van der Waals surface area contributed by atoms with E-state index in [0.717, 1.165) is 28.3 Å². The Morgan fingerprint density at radius 2 is 1.33 bits per heavy atom. The first kappa shape index (κ1) is 10.8. The Hall–Kier alpha value is -2.35. The van der Waals surface area contributed by atoms with Crippen LogP contribution in [0.1, 0.15) is 5.69 Å². The largest absolute Gasteiger partial charge is 0.342 e. The van der Waals surface area contributed by atoms with E-state index in [-0.39, 0.29) is 0 Å². The van der Waals surface area contributed by atoms with E-state index in [9.17, 15) is 0 Å². The number of hydrogen-bond donors (Lipinski definition) is 1. The number of rotatable bonds is 2. The van der Waals surface area contributed by atoms with Gasteiger partial charge in [0, 0.05) is 16.8 Å². The van der Waals surface area contributed by atoms with Crippen LogP contribution in [-0.4, -0.2) is 9.97 Å². The Morgan fingerprint density at radius 1 is 0.778 bits per heavy atom. The lowest BCUT2D eigenvalue weighted by molar-refractivity contribution is 1.26. The first-order valence-electron chi connectivity index (χ1n) is 6.02. The molecule has 2 nitrogen and oxygen atoms in total. The maximum absolute atomic E-state index is 4.69. The molecule has 0 fully saturated rings. The molecule has 0 spiro atoms. The summed E-state index contributed by atoms with van der Waals surface area (Å²) < 4.78 is 0. The van der Waals surface area contributed by atoms with E-state index in [4.69, 9.17) is 4.98 Å². The fraction of sp³-hybridized carbons (Fsp3) is 0.0625. The van der Waals surface area contributed by atoms with Crippen molar-refractivity contribution in [3.63, 3.8) is 0 Å². The molecule has 3 aromatic rings. The first-order valence-corrected chi connectivity index (χ1v) is 6.02. The Morgan fingerprint density at radius 3 is 1.94 bits per heavy atom. The standard InChI is InChI=1S/C16H14N2/c1-12-15(13-8-4-2-5-9-13)18-16(17-12)14-10-6-3-7-11-14/h2-11H,1H3,(H,17,18). The van der Waals surface area contributed by atoms with E-state index in [2.05, 4.69) is 36.2 Å². The highest BCUT2D eigenvalue weighted by atomic mass is 14.9. The summed E-state index contributed by atoms with van der Waals surface area (Å²) in [6.07, 6.45) is 0. The number of aromatic amines is 1. The van der Waals surface area contributed by atoms with Gasteiger partial charge in [0.05, 0.1) is 5.69 Å². The van der Waals surface area contributed by atoms with Gasteiger partial charge in [0.25, 0.3) is 0 Å². The molecule has 0 saturated heterocycles. The monoisotopic (exact) mass is 234 g/mol. The highest BCUT2D eigenvalue weighted by molar-refractivity contribution is 5.67. The fourth-order valence-corrected chi connectivity index (χ4v) is 2.07. The minimum Gasteiger partial charge on any atom is -0.342 e. The Balaban J connectivity index is 2.07. The van der Waals surface area contributed by atoms with Crippen molar-refractivity contribution in [2.75, 3.05) is 0 Å². The summed E-state index contributed by atoms with van der Waals surface area (Å²) in [5.41, 5.74) is 4.38. The van der Waals surface area contributed by atoms with E-state index < -0.39 is 0 Å². The van der Waals surface area contributed by atoms with Crippen LogP contribution in [0.3, 0.4) is 0 Å². The molecule has 0 radical (unpaired) electrons. The lowest BCUT2D eigenvalue weighted by Gasteiger charge is -1.96. The van der Waals surface area contributed by atoms with Crippen molar-refractivity contribution in [2.24, 2.45) is 0 Å². The summed E-state index contributed by atoms with van der Waals surface area (Å²) in [5, 5.41) is 0. The van der Waals surface area contributed by atoms with Crippen LogP contribution >= 0.6 is 0 Å². The van der Waals surface area contributed by atoms with Crippen LogP contribution in [0.4, 0.5) is 0 Å². The molecule has 88 valence electrons. The van der Waals surface area contributed by atoms with Gasteiger partial charge in [-0.05, 0) is 6.92 Å². The third-order valence-electron chi connectivity index (χ3n) is 2.98. The van der Waals surface area contributed by atoms with Gasteiger partial charge in [-0.3, -0.25) is 0 Å². The van der Waals surface area contributed by atoms with E-state index in [0.29, 0.717) is 0 Å². The number of hydrogen-bond acceptors (Lipinski definition) is 1. The maximum atomic E-state index is 4.69. The summed E-state index contributed by atoms with van der Waals surface area (Å²) >= 11 is 0. The molecular formula is C16H14N2. The fourth-order valence-electron chi connectivity index (χ4n) is 2.07. The zero-order chi connectivity index (χ0) is 12.4. The average molecular weight is 234 g/mol. The van der Waals surface area contributed by atoms with Crippen molar-refractivity contribution < 1.29 is 0 Å². The van der Waals surface area contributed by atoms with Gasteiger partial charge in [0.1, 0.15) is 5.82 Å². The van der Waals surface area contributed by atoms with Crippen LogP contribution in [0.2, 0.25) is 0 Å². The molecule has 1 N–H and O–H groups in total. The predicted molar refractivity (Wildman–Crippen MR) is 74.2 cm³/mol. The molecule has 0 aliphatic rings. The van der Waals surface area contributed by atoms with E-state index in [1.807, 2.05) is 36.4 Å². The number of benzene rings is 2. The van der Waals surface area contributed by atoms with Gasteiger partial charge in [0.15, 0.2) is 0 Å².